The maximum absolute atomic E-state index is 12.5. The van der Waals surface area contributed by atoms with Crippen molar-refractivity contribution in [2.75, 3.05) is 58.0 Å². The second kappa shape index (κ2) is 7.66. The van der Waals surface area contributed by atoms with Crippen LogP contribution in [-0.4, -0.2) is 70.0 Å². The molecule has 6 heteroatoms. The molecular weight excluding hydrogens is 296 g/mol. The van der Waals surface area contributed by atoms with Crippen LogP contribution < -0.4 is 9.64 Å². The smallest absolute Gasteiger partial charge is 0.254 e. The molecule has 0 radical (unpaired) electrons. The number of ether oxygens (including phenoxy) is 3. The fourth-order valence-electron chi connectivity index (χ4n) is 3.02. The van der Waals surface area contributed by atoms with E-state index in [-0.39, 0.29) is 5.91 Å². The number of methoxy groups -OCH3 is 1. The summed E-state index contributed by atoms with van der Waals surface area (Å²) >= 11 is 0. The van der Waals surface area contributed by atoms with Crippen LogP contribution in [-0.2, 0) is 14.3 Å². The molecule has 0 unspecified atom stereocenters. The van der Waals surface area contributed by atoms with Crippen LogP contribution in [0.25, 0.3) is 0 Å². The van der Waals surface area contributed by atoms with E-state index >= 15 is 0 Å². The van der Waals surface area contributed by atoms with E-state index in [1.165, 1.54) is 0 Å². The van der Waals surface area contributed by atoms with Gasteiger partial charge in [0.15, 0.2) is 6.10 Å². The first-order chi connectivity index (χ1) is 11.3. The Hall–Kier alpha value is -1.79. The number of hydrogen-bond acceptors (Lipinski definition) is 5. The number of hydrogen-bond donors (Lipinski definition) is 0. The predicted octanol–water partition coefficient (Wildman–Crippen LogP) is 1.15. The van der Waals surface area contributed by atoms with Gasteiger partial charge in [-0.05, 0) is 30.7 Å². The van der Waals surface area contributed by atoms with Gasteiger partial charge in [0.1, 0.15) is 5.75 Å². The van der Waals surface area contributed by atoms with Gasteiger partial charge >= 0.3 is 0 Å². The van der Waals surface area contributed by atoms with Crippen molar-refractivity contribution < 1.29 is 19.0 Å². The third-order valence-corrected chi connectivity index (χ3v) is 4.34. The number of amides is 1. The van der Waals surface area contributed by atoms with Gasteiger partial charge in [0.05, 0.1) is 26.9 Å². The number of benzene rings is 1. The summed E-state index contributed by atoms with van der Waals surface area (Å²) in [6.07, 6.45) is 0.516. The zero-order valence-electron chi connectivity index (χ0n) is 13.6. The summed E-state index contributed by atoms with van der Waals surface area (Å²) in [5.74, 6) is 0.913. The second-order valence-corrected chi connectivity index (χ2v) is 5.80. The SMILES string of the molecule is COc1ccc(N2CCCN(C(=O)[C@@H]3COCCO3)CC2)cc1. The lowest BCUT2D eigenvalue weighted by molar-refractivity contribution is -0.157. The van der Waals surface area contributed by atoms with Crippen LogP contribution in [0.3, 0.4) is 0 Å². The molecule has 1 atom stereocenters. The molecule has 3 rings (SSSR count). The lowest BCUT2D eigenvalue weighted by atomic mass is 10.2. The summed E-state index contributed by atoms with van der Waals surface area (Å²) in [4.78, 5) is 16.7. The second-order valence-electron chi connectivity index (χ2n) is 5.80. The molecule has 2 aliphatic heterocycles. The monoisotopic (exact) mass is 320 g/mol. The molecule has 0 saturated carbocycles. The molecular formula is C17H24N2O4. The molecule has 23 heavy (non-hydrogen) atoms. The number of anilines is 1. The van der Waals surface area contributed by atoms with E-state index in [2.05, 4.69) is 17.0 Å². The Labute approximate surface area is 136 Å². The fraction of sp³-hybridized carbons (Fsp3) is 0.588. The average molecular weight is 320 g/mol. The maximum Gasteiger partial charge on any atom is 0.254 e. The number of nitrogens with zero attached hydrogens (tertiary/aromatic N) is 2. The van der Waals surface area contributed by atoms with Gasteiger partial charge in [-0.25, -0.2) is 0 Å². The van der Waals surface area contributed by atoms with Gasteiger partial charge in [-0.3, -0.25) is 4.79 Å². The molecule has 0 spiro atoms. The van der Waals surface area contributed by atoms with Crippen molar-refractivity contribution in [2.24, 2.45) is 0 Å². The van der Waals surface area contributed by atoms with E-state index in [1.807, 2.05) is 17.0 Å². The number of rotatable bonds is 3. The molecule has 0 aromatic heterocycles. The van der Waals surface area contributed by atoms with Gasteiger partial charge in [0, 0.05) is 31.9 Å². The highest BCUT2D eigenvalue weighted by Gasteiger charge is 2.28. The summed E-state index contributed by atoms with van der Waals surface area (Å²) in [7, 11) is 1.67. The zero-order valence-corrected chi connectivity index (χ0v) is 13.6. The molecule has 1 amide bonds. The van der Waals surface area contributed by atoms with Crippen LogP contribution in [0, 0.1) is 0 Å². The van der Waals surface area contributed by atoms with Crippen LogP contribution in [0.5, 0.6) is 5.75 Å². The molecule has 126 valence electrons. The Bertz CT molecular complexity index is 514. The highest BCUT2D eigenvalue weighted by molar-refractivity contribution is 5.81. The van der Waals surface area contributed by atoms with Crippen molar-refractivity contribution in [3.05, 3.63) is 24.3 Å². The lowest BCUT2D eigenvalue weighted by Gasteiger charge is -2.28. The van der Waals surface area contributed by atoms with Crippen LogP contribution in [0.1, 0.15) is 6.42 Å². The molecule has 0 bridgehead atoms. The highest BCUT2D eigenvalue weighted by Crippen LogP contribution is 2.21. The minimum Gasteiger partial charge on any atom is -0.497 e. The largest absolute Gasteiger partial charge is 0.497 e. The fourth-order valence-corrected chi connectivity index (χ4v) is 3.02. The number of carbonyl (C=O) groups is 1. The molecule has 2 aliphatic rings. The standard InChI is InChI=1S/C17H24N2O4/c1-21-15-5-3-14(4-6-15)18-7-2-8-19(10-9-18)17(20)16-13-22-11-12-23-16/h3-6,16H,2,7-13H2,1H3/t16-/m0/s1. The van der Waals surface area contributed by atoms with E-state index in [1.54, 1.807) is 7.11 Å². The summed E-state index contributed by atoms with van der Waals surface area (Å²) in [5, 5.41) is 0. The van der Waals surface area contributed by atoms with Crippen molar-refractivity contribution >= 4 is 11.6 Å². The molecule has 0 N–H and O–H groups in total. The third kappa shape index (κ3) is 3.95. The molecule has 2 fully saturated rings. The Morgan fingerprint density at radius 1 is 1.13 bits per heavy atom. The van der Waals surface area contributed by atoms with Gasteiger partial charge in [0.2, 0.25) is 0 Å². The number of carbonyl (C=O) groups excluding carboxylic acids is 1. The molecule has 0 aliphatic carbocycles. The minimum absolute atomic E-state index is 0.0567. The lowest BCUT2D eigenvalue weighted by Crippen LogP contribution is -2.46. The molecule has 2 heterocycles. The van der Waals surface area contributed by atoms with Gasteiger partial charge in [-0.2, -0.15) is 0 Å². The minimum atomic E-state index is -0.434. The summed E-state index contributed by atoms with van der Waals surface area (Å²) in [6, 6.07) is 8.06. The average Bonchev–Trinajstić information content (AvgIpc) is 2.88. The van der Waals surface area contributed by atoms with Gasteiger partial charge in [-0.15, -0.1) is 0 Å². The Kier molecular flexibility index (Phi) is 5.35. The van der Waals surface area contributed by atoms with E-state index in [0.29, 0.717) is 26.4 Å². The highest BCUT2D eigenvalue weighted by atomic mass is 16.6. The Balaban J connectivity index is 1.58. The molecule has 6 nitrogen and oxygen atoms in total. The maximum atomic E-state index is 12.5. The van der Waals surface area contributed by atoms with E-state index in [4.69, 9.17) is 14.2 Å². The van der Waals surface area contributed by atoms with Crippen molar-refractivity contribution in [2.45, 2.75) is 12.5 Å². The van der Waals surface area contributed by atoms with Crippen molar-refractivity contribution in [1.29, 1.82) is 0 Å². The van der Waals surface area contributed by atoms with Crippen LogP contribution in [0.15, 0.2) is 24.3 Å². The zero-order chi connectivity index (χ0) is 16.1. The summed E-state index contributed by atoms with van der Waals surface area (Å²) in [5.41, 5.74) is 1.16. The van der Waals surface area contributed by atoms with Crippen LogP contribution in [0.2, 0.25) is 0 Å². The first kappa shape index (κ1) is 16.1. The van der Waals surface area contributed by atoms with Crippen molar-refractivity contribution in [3.63, 3.8) is 0 Å². The molecule has 1 aromatic rings. The van der Waals surface area contributed by atoms with Crippen molar-refractivity contribution in [3.8, 4) is 5.75 Å². The quantitative estimate of drug-likeness (QED) is 0.836. The Morgan fingerprint density at radius 3 is 2.65 bits per heavy atom. The van der Waals surface area contributed by atoms with Gasteiger partial charge in [-0.1, -0.05) is 0 Å². The molecule has 1 aromatic carbocycles. The predicted molar refractivity (Wildman–Crippen MR) is 87.0 cm³/mol. The van der Waals surface area contributed by atoms with Crippen LogP contribution >= 0.6 is 0 Å². The first-order valence-electron chi connectivity index (χ1n) is 8.15. The van der Waals surface area contributed by atoms with E-state index in [9.17, 15) is 4.79 Å². The van der Waals surface area contributed by atoms with E-state index < -0.39 is 6.10 Å². The summed E-state index contributed by atoms with van der Waals surface area (Å²) in [6.45, 7) is 4.70. The third-order valence-electron chi connectivity index (χ3n) is 4.34. The van der Waals surface area contributed by atoms with Gasteiger partial charge < -0.3 is 24.0 Å². The summed E-state index contributed by atoms with van der Waals surface area (Å²) < 4.78 is 16.1. The topological polar surface area (TPSA) is 51.2 Å². The van der Waals surface area contributed by atoms with Gasteiger partial charge in [0.25, 0.3) is 5.91 Å². The van der Waals surface area contributed by atoms with Crippen LogP contribution in [0.4, 0.5) is 5.69 Å². The van der Waals surface area contributed by atoms with E-state index in [0.717, 1.165) is 37.5 Å². The normalized spacial score (nSPS) is 22.6. The molecule has 2 saturated heterocycles. The van der Waals surface area contributed by atoms with Crippen molar-refractivity contribution in [1.82, 2.24) is 4.90 Å². The Morgan fingerprint density at radius 2 is 1.96 bits per heavy atom. The first-order valence-corrected chi connectivity index (χ1v) is 8.15.